The maximum absolute atomic E-state index is 12.0. The summed E-state index contributed by atoms with van der Waals surface area (Å²) in [6, 6.07) is 4.43. The van der Waals surface area contributed by atoms with E-state index in [2.05, 4.69) is 0 Å². The lowest BCUT2D eigenvalue weighted by atomic mass is 10.2. The minimum Gasteiger partial charge on any atom is -0.507 e. The number of nitrogens with zero attached hydrogens (tertiary/aromatic N) is 1. The SMILES string of the molecule is CCN(C(=O)OC(C)(C)C)c1ccc(C=O)c(O)c1. The number of carbonyl (C=O) groups is 2. The smallest absolute Gasteiger partial charge is 0.414 e. The van der Waals surface area contributed by atoms with E-state index in [1.54, 1.807) is 33.8 Å². The zero-order valence-corrected chi connectivity index (χ0v) is 11.6. The van der Waals surface area contributed by atoms with E-state index < -0.39 is 11.7 Å². The van der Waals surface area contributed by atoms with E-state index in [0.29, 0.717) is 18.5 Å². The van der Waals surface area contributed by atoms with Crippen molar-refractivity contribution in [2.45, 2.75) is 33.3 Å². The molecule has 1 aromatic carbocycles. The Morgan fingerprint density at radius 2 is 2.05 bits per heavy atom. The standard InChI is InChI=1S/C14H19NO4/c1-5-15(13(18)19-14(2,3)4)11-7-6-10(9-16)12(17)8-11/h6-9,17H,5H2,1-4H3. The molecule has 0 radical (unpaired) electrons. The number of anilines is 1. The molecular weight excluding hydrogens is 246 g/mol. The van der Waals surface area contributed by atoms with Crippen molar-refractivity contribution >= 4 is 18.1 Å². The van der Waals surface area contributed by atoms with E-state index in [1.807, 2.05) is 0 Å². The number of benzene rings is 1. The molecule has 1 rings (SSSR count). The molecule has 0 saturated heterocycles. The molecule has 1 aromatic rings. The monoisotopic (exact) mass is 265 g/mol. The van der Waals surface area contributed by atoms with Crippen molar-refractivity contribution in [1.29, 1.82) is 0 Å². The molecule has 0 spiro atoms. The van der Waals surface area contributed by atoms with Gasteiger partial charge in [-0.25, -0.2) is 4.79 Å². The molecule has 1 N–H and O–H groups in total. The molecule has 0 bridgehead atoms. The highest BCUT2D eigenvalue weighted by atomic mass is 16.6. The van der Waals surface area contributed by atoms with Gasteiger partial charge in [-0.05, 0) is 39.8 Å². The average Bonchev–Trinajstić information content (AvgIpc) is 2.27. The molecule has 0 fully saturated rings. The molecule has 0 aromatic heterocycles. The van der Waals surface area contributed by atoms with Crippen LogP contribution in [0.25, 0.3) is 0 Å². The van der Waals surface area contributed by atoms with Crippen LogP contribution in [0.4, 0.5) is 10.5 Å². The largest absolute Gasteiger partial charge is 0.507 e. The Morgan fingerprint density at radius 1 is 1.42 bits per heavy atom. The summed E-state index contributed by atoms with van der Waals surface area (Å²) in [5.74, 6) is -0.158. The van der Waals surface area contributed by atoms with Gasteiger partial charge in [-0.15, -0.1) is 0 Å². The number of rotatable bonds is 3. The first-order chi connectivity index (χ1) is 8.78. The van der Waals surface area contributed by atoms with Crippen molar-refractivity contribution in [2.24, 2.45) is 0 Å². The lowest BCUT2D eigenvalue weighted by Crippen LogP contribution is -2.36. The molecule has 0 aliphatic rings. The number of ether oxygens (including phenoxy) is 1. The minimum atomic E-state index is -0.588. The molecule has 0 aliphatic carbocycles. The third kappa shape index (κ3) is 3.98. The lowest BCUT2D eigenvalue weighted by molar-refractivity contribution is 0.0582. The fraction of sp³-hybridized carbons (Fsp3) is 0.429. The van der Waals surface area contributed by atoms with Gasteiger partial charge in [0.1, 0.15) is 11.4 Å². The summed E-state index contributed by atoms with van der Waals surface area (Å²) in [6.07, 6.45) is 0.0660. The van der Waals surface area contributed by atoms with Gasteiger partial charge in [0.2, 0.25) is 0 Å². The first-order valence-electron chi connectivity index (χ1n) is 6.07. The highest BCUT2D eigenvalue weighted by Crippen LogP contribution is 2.25. The number of phenolic OH excluding ortho intramolecular Hbond substituents is 1. The summed E-state index contributed by atoms with van der Waals surface area (Å²) < 4.78 is 5.28. The molecule has 0 aliphatic heterocycles. The van der Waals surface area contributed by atoms with Crippen molar-refractivity contribution in [3.63, 3.8) is 0 Å². The van der Waals surface area contributed by atoms with Crippen LogP contribution in [0, 0.1) is 0 Å². The summed E-state index contributed by atoms with van der Waals surface area (Å²) in [6.45, 7) is 7.55. The van der Waals surface area contributed by atoms with Crippen molar-refractivity contribution in [1.82, 2.24) is 0 Å². The summed E-state index contributed by atoms with van der Waals surface area (Å²) in [5, 5.41) is 9.64. The van der Waals surface area contributed by atoms with Crippen LogP contribution in [0.1, 0.15) is 38.1 Å². The Bertz CT molecular complexity index is 477. The van der Waals surface area contributed by atoms with Crippen LogP contribution in [0.3, 0.4) is 0 Å². The normalized spacial score (nSPS) is 10.9. The van der Waals surface area contributed by atoms with Crippen molar-refractivity contribution in [3.8, 4) is 5.75 Å². The number of hydrogen-bond donors (Lipinski definition) is 1. The van der Waals surface area contributed by atoms with E-state index in [4.69, 9.17) is 4.74 Å². The molecule has 1 amide bonds. The quantitative estimate of drug-likeness (QED) is 0.853. The van der Waals surface area contributed by atoms with Crippen LogP contribution in [-0.4, -0.2) is 29.6 Å². The number of phenols is 1. The summed E-state index contributed by atoms with van der Waals surface area (Å²) >= 11 is 0. The summed E-state index contributed by atoms with van der Waals surface area (Å²) in [5.41, 5.74) is 0.0822. The Morgan fingerprint density at radius 3 is 2.47 bits per heavy atom. The topological polar surface area (TPSA) is 66.8 Å². The molecule has 0 atom stereocenters. The fourth-order valence-electron chi connectivity index (χ4n) is 1.53. The second-order valence-corrected chi connectivity index (χ2v) is 5.09. The van der Waals surface area contributed by atoms with Gasteiger partial charge in [0.05, 0.1) is 11.3 Å². The van der Waals surface area contributed by atoms with Gasteiger partial charge < -0.3 is 9.84 Å². The van der Waals surface area contributed by atoms with E-state index in [9.17, 15) is 14.7 Å². The zero-order chi connectivity index (χ0) is 14.6. The van der Waals surface area contributed by atoms with E-state index in [0.717, 1.165) is 0 Å². The van der Waals surface area contributed by atoms with Gasteiger partial charge in [0.25, 0.3) is 0 Å². The van der Waals surface area contributed by atoms with Gasteiger partial charge in [0, 0.05) is 12.6 Å². The number of aromatic hydroxyl groups is 1. The Kier molecular flexibility index (Phi) is 4.53. The molecule has 5 nitrogen and oxygen atoms in total. The maximum atomic E-state index is 12.0. The predicted octanol–water partition coefficient (Wildman–Crippen LogP) is 2.97. The van der Waals surface area contributed by atoms with Gasteiger partial charge in [-0.2, -0.15) is 0 Å². The second-order valence-electron chi connectivity index (χ2n) is 5.09. The van der Waals surface area contributed by atoms with Crippen LogP contribution in [0.15, 0.2) is 18.2 Å². The first-order valence-corrected chi connectivity index (χ1v) is 6.07. The van der Waals surface area contributed by atoms with Crippen molar-refractivity contribution in [3.05, 3.63) is 23.8 Å². The maximum Gasteiger partial charge on any atom is 0.414 e. The number of aldehydes is 1. The van der Waals surface area contributed by atoms with Crippen molar-refractivity contribution < 1.29 is 19.4 Å². The third-order valence-corrected chi connectivity index (χ3v) is 2.38. The van der Waals surface area contributed by atoms with Gasteiger partial charge in [-0.1, -0.05) is 0 Å². The van der Waals surface area contributed by atoms with Crippen LogP contribution in [0.2, 0.25) is 0 Å². The Balaban J connectivity index is 3.00. The highest BCUT2D eigenvalue weighted by Gasteiger charge is 2.22. The van der Waals surface area contributed by atoms with Crippen LogP contribution in [-0.2, 0) is 4.74 Å². The van der Waals surface area contributed by atoms with E-state index in [1.165, 1.54) is 17.0 Å². The summed E-state index contributed by atoms with van der Waals surface area (Å²) in [7, 11) is 0. The lowest BCUT2D eigenvalue weighted by Gasteiger charge is -2.26. The summed E-state index contributed by atoms with van der Waals surface area (Å²) in [4.78, 5) is 24.0. The van der Waals surface area contributed by atoms with Crippen LogP contribution < -0.4 is 4.90 Å². The molecule has 0 unspecified atom stereocenters. The zero-order valence-electron chi connectivity index (χ0n) is 11.6. The van der Waals surface area contributed by atoms with Gasteiger partial charge in [-0.3, -0.25) is 9.69 Å². The number of hydrogen-bond acceptors (Lipinski definition) is 4. The predicted molar refractivity (Wildman–Crippen MR) is 72.7 cm³/mol. The Hall–Kier alpha value is -2.04. The average molecular weight is 265 g/mol. The highest BCUT2D eigenvalue weighted by molar-refractivity contribution is 5.89. The number of amides is 1. The second kappa shape index (κ2) is 5.73. The van der Waals surface area contributed by atoms with Crippen LogP contribution in [0.5, 0.6) is 5.75 Å². The fourth-order valence-corrected chi connectivity index (χ4v) is 1.53. The molecule has 104 valence electrons. The first kappa shape index (κ1) is 15.0. The van der Waals surface area contributed by atoms with Gasteiger partial charge in [0.15, 0.2) is 6.29 Å². The molecule has 0 saturated carbocycles. The van der Waals surface area contributed by atoms with E-state index in [-0.39, 0.29) is 11.3 Å². The molecule has 0 heterocycles. The van der Waals surface area contributed by atoms with Gasteiger partial charge >= 0.3 is 6.09 Å². The third-order valence-electron chi connectivity index (χ3n) is 2.38. The van der Waals surface area contributed by atoms with E-state index >= 15 is 0 Å². The molecular formula is C14H19NO4. The molecule has 19 heavy (non-hydrogen) atoms. The molecule has 5 heteroatoms. The number of carbonyl (C=O) groups excluding carboxylic acids is 2. The Labute approximate surface area is 112 Å². The van der Waals surface area contributed by atoms with Crippen LogP contribution >= 0.6 is 0 Å². The van der Waals surface area contributed by atoms with Crippen molar-refractivity contribution in [2.75, 3.05) is 11.4 Å². The minimum absolute atomic E-state index is 0.158.